The van der Waals surface area contributed by atoms with E-state index >= 15 is 0 Å². The van der Waals surface area contributed by atoms with Crippen LogP contribution in [0.2, 0.25) is 0 Å². The van der Waals surface area contributed by atoms with Gasteiger partial charge in [0.2, 0.25) is 10.1 Å². The van der Waals surface area contributed by atoms with Crippen LogP contribution in [0, 0.1) is 0 Å². The van der Waals surface area contributed by atoms with Gasteiger partial charge in [-0.05, 0) is 12.2 Å². The molecule has 8 heteroatoms. The Morgan fingerprint density at radius 1 is 1.33 bits per heavy atom. The Labute approximate surface area is 92.5 Å². The summed E-state index contributed by atoms with van der Waals surface area (Å²) in [6.07, 6.45) is -3.42. The molecule has 1 saturated heterocycles. The Morgan fingerprint density at radius 2 is 2.13 bits per heavy atom. The van der Waals surface area contributed by atoms with Crippen LogP contribution in [0.3, 0.4) is 0 Å². The zero-order chi connectivity index (χ0) is 10.9. The van der Waals surface area contributed by atoms with Gasteiger partial charge in [-0.1, -0.05) is 11.3 Å². The van der Waals surface area contributed by atoms with E-state index in [1.807, 2.05) is 0 Å². The van der Waals surface area contributed by atoms with E-state index in [4.69, 9.17) is 0 Å². The van der Waals surface area contributed by atoms with E-state index in [0.29, 0.717) is 11.3 Å². The SMILES string of the molecule is FC(F)(F)c1nnc(NC2CCSC2)s1. The molecule has 1 aliphatic rings. The van der Waals surface area contributed by atoms with Crippen LogP contribution in [-0.4, -0.2) is 27.7 Å². The van der Waals surface area contributed by atoms with Gasteiger partial charge in [0.25, 0.3) is 0 Å². The van der Waals surface area contributed by atoms with Gasteiger partial charge < -0.3 is 5.32 Å². The quantitative estimate of drug-likeness (QED) is 0.881. The van der Waals surface area contributed by atoms with Crippen molar-refractivity contribution >= 4 is 28.2 Å². The van der Waals surface area contributed by atoms with Crippen molar-refractivity contribution in [2.75, 3.05) is 16.8 Å². The van der Waals surface area contributed by atoms with Crippen LogP contribution in [0.5, 0.6) is 0 Å². The first-order valence-corrected chi connectivity index (χ1v) is 6.28. The Balaban J connectivity index is 2.00. The fourth-order valence-electron chi connectivity index (χ4n) is 1.22. The lowest BCUT2D eigenvalue weighted by atomic mass is 10.3. The third-order valence-corrected chi connectivity index (χ3v) is 3.99. The standard InChI is InChI=1S/C7H8F3N3S2/c8-7(9,10)5-12-13-6(15-5)11-4-1-2-14-3-4/h4H,1-3H2,(H,11,13). The van der Waals surface area contributed by atoms with Gasteiger partial charge >= 0.3 is 6.18 Å². The monoisotopic (exact) mass is 255 g/mol. The lowest BCUT2D eigenvalue weighted by Crippen LogP contribution is -2.17. The number of hydrogen-bond donors (Lipinski definition) is 1. The van der Waals surface area contributed by atoms with Crippen molar-refractivity contribution in [2.45, 2.75) is 18.6 Å². The predicted octanol–water partition coefficient (Wildman–Crippen LogP) is 2.47. The Morgan fingerprint density at radius 3 is 2.67 bits per heavy atom. The summed E-state index contributed by atoms with van der Waals surface area (Å²) in [5.74, 6) is 1.96. The number of halogens is 3. The van der Waals surface area contributed by atoms with Crippen molar-refractivity contribution in [3.8, 4) is 0 Å². The van der Waals surface area contributed by atoms with Crippen molar-refractivity contribution in [2.24, 2.45) is 0 Å². The summed E-state index contributed by atoms with van der Waals surface area (Å²) in [7, 11) is 0. The molecule has 2 rings (SSSR count). The topological polar surface area (TPSA) is 37.8 Å². The van der Waals surface area contributed by atoms with Gasteiger partial charge in [-0.3, -0.25) is 0 Å². The number of anilines is 1. The number of rotatable bonds is 2. The average Bonchev–Trinajstić information content (AvgIpc) is 2.73. The van der Waals surface area contributed by atoms with Crippen molar-refractivity contribution in [3.05, 3.63) is 5.01 Å². The van der Waals surface area contributed by atoms with Gasteiger partial charge in [-0.25, -0.2) is 0 Å². The third-order valence-electron chi connectivity index (χ3n) is 1.92. The van der Waals surface area contributed by atoms with E-state index in [1.54, 1.807) is 11.8 Å². The largest absolute Gasteiger partial charge is 0.445 e. The van der Waals surface area contributed by atoms with Gasteiger partial charge in [0.05, 0.1) is 0 Å². The molecule has 3 nitrogen and oxygen atoms in total. The molecule has 0 aliphatic carbocycles. The molecule has 0 aromatic carbocycles. The summed E-state index contributed by atoms with van der Waals surface area (Å²) in [5, 5.41) is 8.90. The number of alkyl halides is 3. The van der Waals surface area contributed by atoms with E-state index in [0.717, 1.165) is 17.9 Å². The zero-order valence-corrected chi connectivity index (χ0v) is 9.18. The second-order valence-electron chi connectivity index (χ2n) is 3.11. The molecular weight excluding hydrogens is 247 g/mol. The average molecular weight is 255 g/mol. The van der Waals surface area contributed by atoms with Crippen LogP contribution in [0.25, 0.3) is 0 Å². The van der Waals surface area contributed by atoms with E-state index in [-0.39, 0.29) is 11.2 Å². The molecule has 1 N–H and O–H groups in total. The molecule has 0 radical (unpaired) electrons. The molecule has 2 heterocycles. The third kappa shape index (κ3) is 2.75. The minimum Gasteiger partial charge on any atom is -0.356 e. The molecule has 1 aliphatic heterocycles. The second-order valence-corrected chi connectivity index (χ2v) is 5.24. The number of nitrogens with zero attached hydrogens (tertiary/aromatic N) is 2. The molecule has 1 unspecified atom stereocenters. The maximum Gasteiger partial charge on any atom is 0.445 e. The number of thioether (sulfide) groups is 1. The Kier molecular flexibility index (Phi) is 3.06. The highest BCUT2D eigenvalue weighted by molar-refractivity contribution is 7.99. The van der Waals surface area contributed by atoms with Gasteiger partial charge in [0.15, 0.2) is 0 Å². The van der Waals surface area contributed by atoms with E-state index in [9.17, 15) is 13.2 Å². The molecule has 0 saturated carbocycles. The number of nitrogens with one attached hydrogen (secondary N) is 1. The molecule has 1 aromatic heterocycles. The van der Waals surface area contributed by atoms with Crippen LogP contribution in [-0.2, 0) is 6.18 Å². The minimum atomic E-state index is -4.39. The lowest BCUT2D eigenvalue weighted by molar-refractivity contribution is -0.138. The predicted molar refractivity (Wildman–Crippen MR) is 54.3 cm³/mol. The first kappa shape index (κ1) is 11.0. The van der Waals surface area contributed by atoms with Crippen molar-refractivity contribution in [1.29, 1.82) is 0 Å². The highest BCUT2D eigenvalue weighted by atomic mass is 32.2. The molecule has 84 valence electrons. The molecule has 1 atom stereocenters. The fourth-order valence-corrected chi connectivity index (χ4v) is 3.06. The summed E-state index contributed by atoms with van der Waals surface area (Å²) in [6.45, 7) is 0. The van der Waals surface area contributed by atoms with Gasteiger partial charge in [0, 0.05) is 11.8 Å². The summed E-state index contributed by atoms with van der Waals surface area (Å²) in [5.41, 5.74) is 0. The second kappa shape index (κ2) is 4.17. The molecule has 0 spiro atoms. The Bertz CT molecular complexity index is 332. The Hall–Kier alpha value is -0.500. The van der Waals surface area contributed by atoms with Gasteiger partial charge in [-0.15, -0.1) is 10.2 Å². The highest BCUT2D eigenvalue weighted by Gasteiger charge is 2.35. The van der Waals surface area contributed by atoms with Crippen LogP contribution in [0.4, 0.5) is 18.3 Å². The van der Waals surface area contributed by atoms with Gasteiger partial charge in [-0.2, -0.15) is 24.9 Å². The van der Waals surface area contributed by atoms with Crippen LogP contribution in [0.1, 0.15) is 11.4 Å². The van der Waals surface area contributed by atoms with E-state index in [2.05, 4.69) is 15.5 Å². The van der Waals surface area contributed by atoms with E-state index < -0.39 is 11.2 Å². The van der Waals surface area contributed by atoms with Crippen molar-refractivity contribution in [3.63, 3.8) is 0 Å². The van der Waals surface area contributed by atoms with Crippen molar-refractivity contribution < 1.29 is 13.2 Å². The van der Waals surface area contributed by atoms with Crippen LogP contribution in [0.15, 0.2) is 0 Å². The molecule has 0 amide bonds. The van der Waals surface area contributed by atoms with E-state index in [1.165, 1.54) is 0 Å². The molecule has 1 fully saturated rings. The fraction of sp³-hybridized carbons (Fsp3) is 0.714. The summed E-state index contributed by atoms with van der Waals surface area (Å²) in [6, 6.07) is 0.226. The smallest absolute Gasteiger partial charge is 0.356 e. The van der Waals surface area contributed by atoms with Crippen molar-refractivity contribution in [1.82, 2.24) is 10.2 Å². The number of hydrogen-bond acceptors (Lipinski definition) is 5. The molecule has 0 bridgehead atoms. The first-order chi connectivity index (χ1) is 7.05. The first-order valence-electron chi connectivity index (χ1n) is 4.30. The molecular formula is C7H8F3N3S2. The lowest BCUT2D eigenvalue weighted by Gasteiger charge is -2.07. The normalized spacial score (nSPS) is 21.9. The maximum atomic E-state index is 12.2. The summed E-state index contributed by atoms with van der Waals surface area (Å²) >= 11 is 2.34. The zero-order valence-electron chi connectivity index (χ0n) is 7.54. The summed E-state index contributed by atoms with van der Waals surface area (Å²) < 4.78 is 36.6. The minimum absolute atomic E-state index is 0.226. The number of aromatic nitrogens is 2. The van der Waals surface area contributed by atoms with Gasteiger partial charge in [0.1, 0.15) is 0 Å². The molecule has 15 heavy (non-hydrogen) atoms. The molecule has 1 aromatic rings. The summed E-state index contributed by atoms with van der Waals surface area (Å²) in [4.78, 5) is 0. The highest BCUT2D eigenvalue weighted by Crippen LogP contribution is 2.33. The van der Waals surface area contributed by atoms with Crippen LogP contribution >= 0.6 is 23.1 Å². The van der Waals surface area contributed by atoms with Crippen LogP contribution < -0.4 is 5.32 Å². The maximum absolute atomic E-state index is 12.2.